The van der Waals surface area contributed by atoms with E-state index in [2.05, 4.69) is 11.9 Å². The van der Waals surface area contributed by atoms with Gasteiger partial charge in [-0.1, -0.05) is 50.8 Å². The van der Waals surface area contributed by atoms with Crippen molar-refractivity contribution in [1.29, 1.82) is 0 Å². The number of hydrogen-bond acceptors (Lipinski definition) is 4. The van der Waals surface area contributed by atoms with Crippen molar-refractivity contribution in [3.05, 3.63) is 48.0 Å². The van der Waals surface area contributed by atoms with Crippen LogP contribution in [0.2, 0.25) is 0 Å². The molecule has 0 bridgehead atoms. The molecule has 0 spiro atoms. The molecule has 1 heterocycles. The van der Waals surface area contributed by atoms with Crippen LogP contribution in [0.1, 0.15) is 25.8 Å². The maximum Gasteiger partial charge on any atom is 0.407 e. The van der Waals surface area contributed by atoms with Crippen molar-refractivity contribution in [3.63, 3.8) is 0 Å². The van der Waals surface area contributed by atoms with E-state index in [4.69, 9.17) is 9.47 Å². The molecule has 5 heteroatoms. The van der Waals surface area contributed by atoms with Gasteiger partial charge in [-0.15, -0.1) is 0 Å². The van der Waals surface area contributed by atoms with Gasteiger partial charge in [-0.25, -0.2) is 9.59 Å². The number of ether oxygens (including phenoxy) is 2. The highest BCUT2D eigenvalue weighted by atomic mass is 16.6. The van der Waals surface area contributed by atoms with Gasteiger partial charge in [0.25, 0.3) is 0 Å². The summed E-state index contributed by atoms with van der Waals surface area (Å²) in [6.45, 7) is 7.78. The number of benzene rings is 1. The highest BCUT2D eigenvalue weighted by Gasteiger charge is 2.36. The minimum atomic E-state index is -0.517. The van der Waals surface area contributed by atoms with Crippen molar-refractivity contribution in [2.75, 3.05) is 0 Å². The molecule has 2 rings (SSSR count). The highest BCUT2D eigenvalue weighted by Crippen LogP contribution is 2.24. The lowest BCUT2D eigenvalue weighted by Gasteiger charge is -2.26. The van der Waals surface area contributed by atoms with E-state index in [1.54, 1.807) is 0 Å². The van der Waals surface area contributed by atoms with Gasteiger partial charge in [-0.2, -0.15) is 0 Å². The predicted molar refractivity (Wildman–Crippen MR) is 82.0 cm³/mol. The standard InChI is InChI=1S/C17H21NO4/c1-11(2)15(14-9-12(3)16(19)22-14)18-17(20)21-10-13-7-5-4-6-8-13/h4-8,11,14-15H,3,9-10H2,1-2H3,(H,18,20)/t14-,15-/m0/s1. The maximum atomic E-state index is 12.0. The van der Waals surface area contributed by atoms with E-state index in [9.17, 15) is 9.59 Å². The zero-order valence-electron chi connectivity index (χ0n) is 12.9. The lowest BCUT2D eigenvalue weighted by Crippen LogP contribution is -2.46. The molecular formula is C17H21NO4. The first-order valence-corrected chi connectivity index (χ1v) is 7.33. The van der Waals surface area contributed by atoms with Crippen LogP contribution in [-0.2, 0) is 20.9 Å². The third kappa shape index (κ3) is 4.10. The molecule has 2 atom stereocenters. The summed E-state index contributed by atoms with van der Waals surface area (Å²) in [5.41, 5.74) is 1.36. The van der Waals surface area contributed by atoms with Gasteiger partial charge in [0.15, 0.2) is 0 Å². The molecular weight excluding hydrogens is 282 g/mol. The average Bonchev–Trinajstić information content (AvgIpc) is 2.82. The lowest BCUT2D eigenvalue weighted by molar-refractivity contribution is -0.140. The number of esters is 1. The Labute approximate surface area is 130 Å². The number of alkyl carbamates (subject to hydrolysis) is 1. The van der Waals surface area contributed by atoms with Gasteiger partial charge in [-0.05, 0) is 11.5 Å². The number of amides is 1. The molecule has 1 N–H and O–H groups in total. The van der Waals surface area contributed by atoms with Gasteiger partial charge >= 0.3 is 12.1 Å². The summed E-state index contributed by atoms with van der Waals surface area (Å²) in [4.78, 5) is 23.4. The molecule has 0 radical (unpaired) electrons. The fourth-order valence-electron chi connectivity index (χ4n) is 2.38. The molecule has 5 nitrogen and oxygen atoms in total. The zero-order valence-corrected chi connectivity index (χ0v) is 12.9. The number of cyclic esters (lactones) is 1. The Kier molecular flexibility index (Phi) is 5.20. The van der Waals surface area contributed by atoms with Gasteiger partial charge in [0.2, 0.25) is 0 Å². The molecule has 1 amide bonds. The van der Waals surface area contributed by atoms with Crippen LogP contribution in [-0.4, -0.2) is 24.2 Å². The average molecular weight is 303 g/mol. The SMILES string of the molecule is C=C1C[C@@H]([C@@H](NC(=O)OCc2ccccc2)C(C)C)OC1=O. The van der Waals surface area contributed by atoms with Gasteiger partial charge in [0, 0.05) is 12.0 Å². The Hall–Kier alpha value is -2.30. The van der Waals surface area contributed by atoms with Gasteiger partial charge in [0.1, 0.15) is 12.7 Å². The van der Waals surface area contributed by atoms with E-state index in [0.717, 1.165) is 5.56 Å². The van der Waals surface area contributed by atoms with E-state index in [-0.39, 0.29) is 24.7 Å². The van der Waals surface area contributed by atoms with Crippen LogP contribution >= 0.6 is 0 Å². The predicted octanol–water partition coefficient (Wildman–Crippen LogP) is 2.81. The molecule has 0 unspecified atom stereocenters. The molecule has 118 valence electrons. The molecule has 1 aliphatic rings. The third-order valence-electron chi connectivity index (χ3n) is 3.61. The second-order valence-corrected chi connectivity index (χ2v) is 5.73. The van der Waals surface area contributed by atoms with Crippen LogP contribution in [0.3, 0.4) is 0 Å². The van der Waals surface area contributed by atoms with Crippen molar-refractivity contribution >= 4 is 12.1 Å². The van der Waals surface area contributed by atoms with Crippen LogP contribution in [0.5, 0.6) is 0 Å². The number of carbonyl (C=O) groups excluding carboxylic acids is 2. The van der Waals surface area contributed by atoms with Crippen molar-refractivity contribution in [2.45, 2.75) is 39.0 Å². The first-order chi connectivity index (χ1) is 10.5. The fraction of sp³-hybridized carbons (Fsp3) is 0.412. The van der Waals surface area contributed by atoms with E-state index < -0.39 is 12.1 Å². The van der Waals surface area contributed by atoms with Gasteiger partial charge < -0.3 is 14.8 Å². The Morgan fingerprint density at radius 3 is 2.64 bits per heavy atom. The molecule has 0 aromatic heterocycles. The van der Waals surface area contributed by atoms with E-state index >= 15 is 0 Å². The number of nitrogens with one attached hydrogen (secondary N) is 1. The minimum Gasteiger partial charge on any atom is -0.456 e. The Bertz CT molecular complexity index is 537. The molecule has 0 saturated carbocycles. The molecule has 1 fully saturated rings. The lowest BCUT2D eigenvalue weighted by atomic mass is 9.96. The largest absolute Gasteiger partial charge is 0.456 e. The number of rotatable bonds is 5. The fourth-order valence-corrected chi connectivity index (χ4v) is 2.38. The first kappa shape index (κ1) is 16.1. The minimum absolute atomic E-state index is 0.105. The van der Waals surface area contributed by atoms with Crippen molar-refractivity contribution in [2.24, 2.45) is 5.92 Å². The second kappa shape index (κ2) is 7.11. The smallest absolute Gasteiger partial charge is 0.407 e. The summed E-state index contributed by atoms with van der Waals surface area (Å²) >= 11 is 0. The summed E-state index contributed by atoms with van der Waals surface area (Å²) in [5.74, 6) is -0.289. The van der Waals surface area contributed by atoms with Gasteiger partial charge in [0.05, 0.1) is 6.04 Å². The van der Waals surface area contributed by atoms with Crippen LogP contribution in [0, 0.1) is 5.92 Å². The quantitative estimate of drug-likeness (QED) is 0.671. The molecule has 0 aliphatic carbocycles. The topological polar surface area (TPSA) is 64.6 Å². The van der Waals surface area contributed by atoms with E-state index in [1.165, 1.54) is 0 Å². The van der Waals surface area contributed by atoms with Crippen LogP contribution < -0.4 is 5.32 Å². The Morgan fingerprint density at radius 2 is 2.09 bits per heavy atom. The maximum absolute atomic E-state index is 12.0. The Balaban J connectivity index is 1.89. The third-order valence-corrected chi connectivity index (χ3v) is 3.61. The van der Waals surface area contributed by atoms with E-state index in [0.29, 0.717) is 12.0 Å². The number of hydrogen-bond donors (Lipinski definition) is 1. The summed E-state index contributed by atoms with van der Waals surface area (Å²) in [5, 5.41) is 2.79. The van der Waals surface area contributed by atoms with Crippen molar-refractivity contribution < 1.29 is 19.1 Å². The molecule has 1 saturated heterocycles. The number of carbonyl (C=O) groups is 2. The monoisotopic (exact) mass is 303 g/mol. The Morgan fingerprint density at radius 1 is 1.41 bits per heavy atom. The molecule has 1 aromatic carbocycles. The van der Waals surface area contributed by atoms with Crippen LogP contribution in [0.25, 0.3) is 0 Å². The highest BCUT2D eigenvalue weighted by molar-refractivity contribution is 5.90. The van der Waals surface area contributed by atoms with E-state index in [1.807, 2.05) is 44.2 Å². The van der Waals surface area contributed by atoms with Gasteiger partial charge in [-0.3, -0.25) is 0 Å². The summed E-state index contributed by atoms with van der Waals surface area (Å²) in [6, 6.07) is 9.14. The van der Waals surface area contributed by atoms with Crippen molar-refractivity contribution in [3.8, 4) is 0 Å². The molecule has 1 aliphatic heterocycles. The van der Waals surface area contributed by atoms with Crippen LogP contribution in [0.15, 0.2) is 42.5 Å². The second-order valence-electron chi connectivity index (χ2n) is 5.73. The summed E-state index contributed by atoms with van der Waals surface area (Å²) in [6.07, 6.45) is -0.471. The van der Waals surface area contributed by atoms with Crippen molar-refractivity contribution in [1.82, 2.24) is 5.32 Å². The molecule has 1 aromatic rings. The summed E-state index contributed by atoms with van der Waals surface area (Å²) < 4.78 is 10.5. The zero-order chi connectivity index (χ0) is 16.1. The normalized spacial score (nSPS) is 19.0. The van der Waals surface area contributed by atoms with Crippen LogP contribution in [0.4, 0.5) is 4.79 Å². The summed E-state index contributed by atoms with van der Waals surface area (Å²) in [7, 11) is 0. The molecule has 22 heavy (non-hydrogen) atoms. The first-order valence-electron chi connectivity index (χ1n) is 7.33.